The second-order valence-electron chi connectivity index (χ2n) is 5.00. The van der Waals surface area contributed by atoms with Crippen molar-refractivity contribution in [3.05, 3.63) is 41.5 Å². The maximum Gasteiger partial charge on any atom is 0.471 e. The van der Waals surface area contributed by atoms with E-state index in [4.69, 9.17) is 4.74 Å². The summed E-state index contributed by atoms with van der Waals surface area (Å²) in [7, 11) is 0. The van der Waals surface area contributed by atoms with Crippen LogP contribution < -0.4 is 0 Å². The van der Waals surface area contributed by atoms with E-state index in [1.807, 2.05) is 0 Å². The monoisotopic (exact) mass is 368 g/mol. The minimum Gasteiger partial charge on any atom is -0.460 e. The van der Waals surface area contributed by atoms with E-state index in [1.165, 1.54) is 16.8 Å². The van der Waals surface area contributed by atoms with E-state index in [9.17, 15) is 18.0 Å². The number of halogens is 3. The predicted molar refractivity (Wildman–Crippen MR) is 77.6 cm³/mol. The number of ether oxygens (including phenoxy) is 1. The van der Waals surface area contributed by atoms with E-state index in [-0.39, 0.29) is 24.8 Å². The summed E-state index contributed by atoms with van der Waals surface area (Å²) >= 11 is 0. The van der Waals surface area contributed by atoms with Crippen LogP contribution in [0.2, 0.25) is 0 Å². The first-order valence-electron chi connectivity index (χ1n) is 7.32. The van der Waals surface area contributed by atoms with Gasteiger partial charge in [-0.3, -0.25) is 0 Å². The van der Waals surface area contributed by atoms with Gasteiger partial charge >= 0.3 is 18.0 Å². The van der Waals surface area contributed by atoms with Crippen molar-refractivity contribution in [3.8, 4) is 11.4 Å². The summed E-state index contributed by atoms with van der Waals surface area (Å²) < 4.78 is 47.8. The van der Waals surface area contributed by atoms with Crippen LogP contribution in [0.1, 0.15) is 29.0 Å². The van der Waals surface area contributed by atoms with Gasteiger partial charge in [0.15, 0.2) is 0 Å². The topological polar surface area (TPSA) is 109 Å². The van der Waals surface area contributed by atoms with Gasteiger partial charge in [0.1, 0.15) is 0 Å². The quantitative estimate of drug-likeness (QED) is 0.629. The Kier molecular flexibility index (Phi) is 4.65. The Bertz CT molecular complexity index is 903. The van der Waals surface area contributed by atoms with Crippen LogP contribution in [0.4, 0.5) is 13.2 Å². The van der Waals surface area contributed by atoms with Crippen LogP contribution in [-0.2, 0) is 17.5 Å². The van der Waals surface area contributed by atoms with Gasteiger partial charge in [-0.2, -0.15) is 18.2 Å². The molecule has 2 heterocycles. The van der Waals surface area contributed by atoms with Crippen molar-refractivity contribution >= 4 is 5.97 Å². The lowest BCUT2D eigenvalue weighted by atomic mass is 10.1. The number of carbonyl (C=O) groups is 1. The van der Waals surface area contributed by atoms with E-state index >= 15 is 0 Å². The predicted octanol–water partition coefficient (Wildman–Crippen LogP) is 1.97. The lowest BCUT2D eigenvalue weighted by Gasteiger charge is -2.05. The first-order valence-corrected chi connectivity index (χ1v) is 7.32. The Hall–Kier alpha value is -3.31. The van der Waals surface area contributed by atoms with Crippen LogP contribution in [-0.4, -0.2) is 42.9 Å². The smallest absolute Gasteiger partial charge is 0.460 e. The number of rotatable bonds is 5. The SMILES string of the molecule is CCOC(=O)c1nnnn1Cc1ccc(-c2noc(C(F)(F)F)n2)cc1. The van der Waals surface area contributed by atoms with Gasteiger partial charge in [-0.15, -0.1) is 5.10 Å². The molecule has 0 aliphatic rings. The Labute approximate surface area is 143 Å². The maximum atomic E-state index is 12.5. The highest BCUT2D eigenvalue weighted by molar-refractivity contribution is 5.85. The van der Waals surface area contributed by atoms with E-state index < -0.39 is 18.0 Å². The summed E-state index contributed by atoms with van der Waals surface area (Å²) in [5.74, 6) is -2.30. The molecule has 9 nitrogen and oxygen atoms in total. The van der Waals surface area contributed by atoms with Crippen molar-refractivity contribution in [1.82, 2.24) is 30.3 Å². The van der Waals surface area contributed by atoms with Crippen LogP contribution in [0, 0.1) is 0 Å². The van der Waals surface area contributed by atoms with Gasteiger partial charge < -0.3 is 9.26 Å². The number of carbonyl (C=O) groups excluding carboxylic acids is 1. The normalized spacial score (nSPS) is 11.5. The molecule has 0 spiro atoms. The van der Waals surface area contributed by atoms with Crippen molar-refractivity contribution < 1.29 is 27.2 Å². The highest BCUT2D eigenvalue weighted by Crippen LogP contribution is 2.29. The minimum atomic E-state index is -4.70. The lowest BCUT2D eigenvalue weighted by Crippen LogP contribution is -2.15. The molecule has 0 unspecified atom stereocenters. The second kappa shape index (κ2) is 6.90. The summed E-state index contributed by atoms with van der Waals surface area (Å²) in [6.45, 7) is 2.01. The van der Waals surface area contributed by atoms with Crippen LogP contribution in [0.3, 0.4) is 0 Å². The summed E-state index contributed by atoms with van der Waals surface area (Å²) in [5.41, 5.74) is 1.04. The van der Waals surface area contributed by atoms with Gasteiger partial charge in [0.05, 0.1) is 13.2 Å². The summed E-state index contributed by atoms with van der Waals surface area (Å²) in [6.07, 6.45) is -4.70. The lowest BCUT2D eigenvalue weighted by molar-refractivity contribution is -0.159. The van der Waals surface area contributed by atoms with Gasteiger partial charge in [0.25, 0.3) is 5.82 Å². The van der Waals surface area contributed by atoms with Gasteiger partial charge in [-0.25, -0.2) is 9.48 Å². The average Bonchev–Trinajstić information content (AvgIpc) is 3.24. The van der Waals surface area contributed by atoms with Gasteiger partial charge in [-0.05, 0) is 22.9 Å². The zero-order valence-electron chi connectivity index (χ0n) is 13.3. The summed E-state index contributed by atoms with van der Waals surface area (Å²) in [4.78, 5) is 15.0. The van der Waals surface area contributed by atoms with Crippen molar-refractivity contribution in [3.63, 3.8) is 0 Å². The Balaban J connectivity index is 1.76. The minimum absolute atomic E-state index is 0.0519. The molecule has 26 heavy (non-hydrogen) atoms. The van der Waals surface area contributed by atoms with Crippen molar-refractivity contribution in [1.29, 1.82) is 0 Å². The number of tetrazole rings is 1. The Morgan fingerprint density at radius 1 is 1.27 bits per heavy atom. The first kappa shape index (κ1) is 17.5. The van der Waals surface area contributed by atoms with Crippen LogP contribution in [0.15, 0.2) is 28.8 Å². The number of nitrogens with zero attached hydrogens (tertiary/aromatic N) is 6. The average molecular weight is 368 g/mol. The van der Waals surface area contributed by atoms with Crippen LogP contribution in [0.5, 0.6) is 0 Å². The molecule has 3 aromatic rings. The van der Waals surface area contributed by atoms with Gasteiger partial charge in [0.2, 0.25) is 5.82 Å². The zero-order valence-corrected chi connectivity index (χ0v) is 13.3. The highest BCUT2D eigenvalue weighted by Gasteiger charge is 2.38. The molecule has 0 saturated heterocycles. The molecular formula is C14H11F3N6O3. The highest BCUT2D eigenvalue weighted by atomic mass is 19.4. The molecule has 0 radical (unpaired) electrons. The molecule has 0 bridgehead atoms. The van der Waals surface area contributed by atoms with E-state index in [2.05, 4.69) is 30.2 Å². The molecule has 2 aromatic heterocycles. The number of alkyl halides is 3. The van der Waals surface area contributed by atoms with Crippen molar-refractivity contribution in [2.45, 2.75) is 19.6 Å². The van der Waals surface area contributed by atoms with E-state index in [0.717, 1.165) is 0 Å². The Morgan fingerprint density at radius 2 is 2.00 bits per heavy atom. The van der Waals surface area contributed by atoms with E-state index in [1.54, 1.807) is 19.1 Å². The second-order valence-corrected chi connectivity index (χ2v) is 5.00. The molecule has 0 aliphatic carbocycles. The van der Waals surface area contributed by atoms with Crippen LogP contribution in [0.25, 0.3) is 11.4 Å². The fourth-order valence-corrected chi connectivity index (χ4v) is 2.04. The Morgan fingerprint density at radius 3 is 2.62 bits per heavy atom. The fourth-order valence-electron chi connectivity index (χ4n) is 2.04. The molecule has 3 rings (SSSR count). The molecule has 0 atom stereocenters. The number of hydrogen-bond acceptors (Lipinski definition) is 8. The number of benzene rings is 1. The molecule has 0 saturated carbocycles. The third-order valence-corrected chi connectivity index (χ3v) is 3.20. The standard InChI is InChI=1S/C14H11F3N6O3/c1-2-25-12(24)11-19-21-22-23(11)7-8-3-5-9(6-4-8)10-18-13(26-20-10)14(15,16)17/h3-6H,2,7H2,1H3. The molecular weight excluding hydrogens is 357 g/mol. The zero-order chi connectivity index (χ0) is 18.7. The van der Waals surface area contributed by atoms with Gasteiger partial charge in [0, 0.05) is 5.56 Å². The summed E-state index contributed by atoms with van der Waals surface area (Å²) in [6, 6.07) is 6.29. The fraction of sp³-hybridized carbons (Fsp3) is 0.286. The number of hydrogen-bond donors (Lipinski definition) is 0. The molecule has 0 fully saturated rings. The molecule has 0 amide bonds. The molecule has 136 valence electrons. The molecule has 0 N–H and O–H groups in total. The largest absolute Gasteiger partial charge is 0.471 e. The third-order valence-electron chi connectivity index (χ3n) is 3.20. The molecule has 0 aliphatic heterocycles. The van der Waals surface area contributed by atoms with Crippen molar-refractivity contribution in [2.24, 2.45) is 0 Å². The molecule has 12 heteroatoms. The summed E-state index contributed by atoms with van der Waals surface area (Å²) in [5, 5.41) is 14.1. The van der Waals surface area contributed by atoms with Gasteiger partial charge in [-0.1, -0.05) is 29.4 Å². The molecule has 1 aromatic carbocycles. The third kappa shape index (κ3) is 3.68. The van der Waals surface area contributed by atoms with Crippen molar-refractivity contribution in [2.75, 3.05) is 6.61 Å². The van der Waals surface area contributed by atoms with Crippen LogP contribution >= 0.6 is 0 Å². The number of esters is 1. The maximum absolute atomic E-state index is 12.5. The van der Waals surface area contributed by atoms with E-state index in [0.29, 0.717) is 11.1 Å². The number of aromatic nitrogens is 6. The first-order chi connectivity index (χ1) is 12.4.